The third-order valence-corrected chi connectivity index (χ3v) is 8.82. The third-order valence-electron chi connectivity index (χ3n) is 8.08. The van der Waals surface area contributed by atoms with E-state index in [2.05, 4.69) is 5.32 Å². The zero-order valence-electron chi connectivity index (χ0n) is 22.9. The minimum Gasteiger partial charge on any atom is -0.367 e. The Bertz CT molecular complexity index is 1420. The van der Waals surface area contributed by atoms with Gasteiger partial charge in [0.1, 0.15) is 5.60 Å². The number of amides is 3. The lowest BCUT2D eigenvalue weighted by Gasteiger charge is -2.46. The van der Waals surface area contributed by atoms with Crippen LogP contribution in [0.4, 0.5) is 0 Å². The molecule has 5 rings (SSSR count). The van der Waals surface area contributed by atoms with Gasteiger partial charge in [0.25, 0.3) is 5.91 Å². The molecule has 1 N–H and O–H groups in total. The van der Waals surface area contributed by atoms with E-state index in [0.717, 1.165) is 11.1 Å². The van der Waals surface area contributed by atoms with Crippen LogP contribution in [0.3, 0.4) is 0 Å². The lowest BCUT2D eigenvalue weighted by atomic mass is 9.80. The van der Waals surface area contributed by atoms with E-state index in [1.54, 1.807) is 29.2 Å². The van der Waals surface area contributed by atoms with Crippen molar-refractivity contribution in [3.63, 3.8) is 0 Å². The van der Waals surface area contributed by atoms with Gasteiger partial charge in [-0.15, -0.1) is 0 Å². The molecule has 0 aromatic heterocycles. The Balaban J connectivity index is 1.38. The fraction of sp³-hybridized carbons (Fsp3) is 0.344. The number of nitrogens with zero attached hydrogens (tertiary/aromatic N) is 2. The Kier molecular flexibility index (Phi) is 8.68. The highest BCUT2D eigenvalue weighted by Crippen LogP contribution is 2.39. The molecule has 41 heavy (non-hydrogen) atoms. The van der Waals surface area contributed by atoms with Crippen LogP contribution in [0.1, 0.15) is 47.7 Å². The second kappa shape index (κ2) is 12.2. The summed E-state index contributed by atoms with van der Waals surface area (Å²) in [5.74, 6) is -0.297. The second-order valence-corrected chi connectivity index (χ2v) is 11.6. The van der Waals surface area contributed by atoms with Gasteiger partial charge in [0.15, 0.2) is 0 Å². The van der Waals surface area contributed by atoms with Crippen LogP contribution in [0, 0.1) is 0 Å². The van der Waals surface area contributed by atoms with Crippen molar-refractivity contribution in [1.29, 1.82) is 0 Å². The van der Waals surface area contributed by atoms with Crippen LogP contribution in [-0.4, -0.2) is 60.3 Å². The predicted molar refractivity (Wildman–Crippen MR) is 159 cm³/mol. The highest BCUT2D eigenvalue weighted by atomic mass is 35.5. The average Bonchev–Trinajstić information content (AvgIpc) is 2.98. The van der Waals surface area contributed by atoms with E-state index >= 15 is 0 Å². The van der Waals surface area contributed by atoms with Crippen LogP contribution in [0.5, 0.6) is 0 Å². The van der Waals surface area contributed by atoms with Crippen molar-refractivity contribution >= 4 is 40.9 Å². The quantitative estimate of drug-likeness (QED) is 0.397. The maximum Gasteiger partial charge on any atom is 0.254 e. The van der Waals surface area contributed by atoms with E-state index in [-0.39, 0.29) is 24.1 Å². The van der Waals surface area contributed by atoms with Crippen LogP contribution in [0.25, 0.3) is 0 Å². The summed E-state index contributed by atoms with van der Waals surface area (Å²) < 4.78 is 6.46. The van der Waals surface area contributed by atoms with Gasteiger partial charge in [-0.25, -0.2) is 0 Å². The SMILES string of the molecule is CC(=O)NC1(c2ccccc2)CCN(CCC2(c3ccc(Cl)c(Cl)c3)CN(C(=O)c3ccccc3)CCO2)C(=O)C1. The first kappa shape index (κ1) is 29.1. The molecule has 2 atom stereocenters. The van der Waals surface area contributed by atoms with Crippen molar-refractivity contribution in [2.45, 2.75) is 37.3 Å². The lowest BCUT2D eigenvalue weighted by Crippen LogP contribution is -2.56. The number of nitrogens with one attached hydrogen (secondary N) is 1. The zero-order valence-corrected chi connectivity index (χ0v) is 24.5. The van der Waals surface area contributed by atoms with Gasteiger partial charge < -0.3 is 19.9 Å². The van der Waals surface area contributed by atoms with Gasteiger partial charge in [-0.2, -0.15) is 0 Å². The number of hydrogen-bond acceptors (Lipinski definition) is 4. The smallest absolute Gasteiger partial charge is 0.254 e. The number of benzene rings is 3. The fourth-order valence-electron chi connectivity index (χ4n) is 5.95. The summed E-state index contributed by atoms with van der Waals surface area (Å²) in [6, 6.07) is 24.2. The molecule has 0 aliphatic carbocycles. The molecular formula is C32H33Cl2N3O4. The number of halogens is 2. The zero-order chi connectivity index (χ0) is 29.0. The molecule has 2 saturated heterocycles. The highest BCUT2D eigenvalue weighted by molar-refractivity contribution is 6.42. The predicted octanol–water partition coefficient (Wildman–Crippen LogP) is 5.41. The first-order chi connectivity index (χ1) is 19.7. The van der Waals surface area contributed by atoms with Crippen LogP contribution in [0.15, 0.2) is 78.9 Å². The van der Waals surface area contributed by atoms with Crippen molar-refractivity contribution in [3.05, 3.63) is 106 Å². The Hall–Kier alpha value is -3.39. The number of likely N-dealkylation sites (tertiary alicyclic amines) is 1. The summed E-state index contributed by atoms with van der Waals surface area (Å²) in [5, 5.41) is 3.89. The molecule has 9 heteroatoms. The second-order valence-electron chi connectivity index (χ2n) is 10.8. The van der Waals surface area contributed by atoms with Gasteiger partial charge in [0, 0.05) is 32.1 Å². The molecule has 0 spiro atoms. The van der Waals surface area contributed by atoms with Gasteiger partial charge in [0.05, 0.1) is 35.2 Å². The van der Waals surface area contributed by atoms with E-state index in [1.165, 1.54) is 6.92 Å². The number of rotatable bonds is 7. The molecule has 0 radical (unpaired) electrons. The number of morpholine rings is 1. The topological polar surface area (TPSA) is 79.0 Å². The monoisotopic (exact) mass is 593 g/mol. The highest BCUT2D eigenvalue weighted by Gasteiger charge is 2.44. The third kappa shape index (κ3) is 6.27. The lowest BCUT2D eigenvalue weighted by molar-refractivity contribution is -0.141. The van der Waals surface area contributed by atoms with Crippen LogP contribution in [0.2, 0.25) is 10.0 Å². The van der Waals surface area contributed by atoms with Crippen molar-refractivity contribution < 1.29 is 19.1 Å². The maximum atomic E-state index is 13.6. The Morgan fingerprint density at radius 3 is 2.29 bits per heavy atom. The minimum atomic E-state index is -0.886. The van der Waals surface area contributed by atoms with Gasteiger partial charge in [0.2, 0.25) is 11.8 Å². The number of piperidine rings is 1. The minimum absolute atomic E-state index is 0.0498. The molecule has 2 fully saturated rings. The first-order valence-corrected chi connectivity index (χ1v) is 14.5. The molecule has 3 amide bonds. The van der Waals surface area contributed by atoms with Gasteiger partial charge >= 0.3 is 0 Å². The van der Waals surface area contributed by atoms with Crippen molar-refractivity contribution in [2.24, 2.45) is 0 Å². The maximum absolute atomic E-state index is 13.6. The normalized spacial score (nSPS) is 22.9. The summed E-state index contributed by atoms with van der Waals surface area (Å²) in [7, 11) is 0. The molecule has 0 bridgehead atoms. The average molecular weight is 595 g/mol. The molecule has 7 nitrogen and oxygen atoms in total. The molecule has 2 heterocycles. The van der Waals surface area contributed by atoms with E-state index in [0.29, 0.717) is 61.2 Å². The van der Waals surface area contributed by atoms with Crippen molar-refractivity contribution in [1.82, 2.24) is 15.1 Å². The molecule has 0 saturated carbocycles. The van der Waals surface area contributed by atoms with Gasteiger partial charge in [-0.3, -0.25) is 14.4 Å². The van der Waals surface area contributed by atoms with Crippen LogP contribution < -0.4 is 5.32 Å². The molecule has 3 aromatic rings. The fourth-order valence-corrected chi connectivity index (χ4v) is 6.25. The molecule has 2 aliphatic heterocycles. The Morgan fingerprint density at radius 1 is 0.927 bits per heavy atom. The van der Waals surface area contributed by atoms with Crippen molar-refractivity contribution in [2.75, 3.05) is 32.8 Å². The summed E-state index contributed by atoms with van der Waals surface area (Å²) >= 11 is 12.7. The molecule has 214 valence electrons. The van der Waals surface area contributed by atoms with Crippen molar-refractivity contribution in [3.8, 4) is 0 Å². The summed E-state index contributed by atoms with van der Waals surface area (Å²) in [4.78, 5) is 42.8. The summed E-state index contributed by atoms with van der Waals surface area (Å²) in [6.07, 6.45) is 1.20. The van der Waals surface area contributed by atoms with E-state index in [1.807, 2.05) is 59.5 Å². The van der Waals surface area contributed by atoms with Crippen LogP contribution >= 0.6 is 23.2 Å². The summed E-state index contributed by atoms with van der Waals surface area (Å²) in [6.45, 7) is 3.46. The largest absolute Gasteiger partial charge is 0.367 e. The first-order valence-electron chi connectivity index (χ1n) is 13.8. The van der Waals surface area contributed by atoms with Gasteiger partial charge in [-0.05, 0) is 48.2 Å². The molecule has 2 aliphatic rings. The van der Waals surface area contributed by atoms with E-state index in [4.69, 9.17) is 27.9 Å². The number of carbonyl (C=O) groups excluding carboxylic acids is 3. The number of ether oxygens (including phenoxy) is 1. The standard InChI is InChI=1S/C32H33Cl2N3O4/c1-23(38)35-31(25-10-6-3-7-11-25)14-16-36(29(39)21-31)17-15-32(26-12-13-27(33)28(34)20-26)22-37(18-19-41-32)30(40)24-8-4-2-5-9-24/h2-13,20H,14-19,21-22H2,1H3,(H,35,38). The number of carbonyl (C=O) groups is 3. The number of hydrogen-bond donors (Lipinski definition) is 1. The van der Waals surface area contributed by atoms with E-state index in [9.17, 15) is 14.4 Å². The molecule has 3 aromatic carbocycles. The summed E-state index contributed by atoms with van der Waals surface area (Å²) in [5.41, 5.74) is 0.698. The van der Waals surface area contributed by atoms with Gasteiger partial charge in [-0.1, -0.05) is 77.8 Å². The van der Waals surface area contributed by atoms with Crippen LogP contribution in [-0.2, 0) is 25.5 Å². The molecule has 2 unspecified atom stereocenters. The molecular weight excluding hydrogens is 561 g/mol. The van der Waals surface area contributed by atoms with E-state index < -0.39 is 11.1 Å². The Morgan fingerprint density at radius 2 is 1.63 bits per heavy atom. The Labute approximate surface area is 250 Å².